The molecule has 0 fully saturated rings. The van der Waals surface area contributed by atoms with Gasteiger partial charge in [0.25, 0.3) is 6.43 Å². The van der Waals surface area contributed by atoms with Crippen LogP contribution >= 0.6 is 0 Å². The summed E-state index contributed by atoms with van der Waals surface area (Å²) in [6.07, 6.45) is -2.56. The van der Waals surface area contributed by atoms with Crippen molar-refractivity contribution >= 4 is 5.97 Å². The van der Waals surface area contributed by atoms with Gasteiger partial charge in [0.15, 0.2) is 11.5 Å². The van der Waals surface area contributed by atoms with Crippen LogP contribution in [0.2, 0.25) is 0 Å². The highest BCUT2D eigenvalue weighted by Gasteiger charge is 2.22. The molecule has 0 atom stereocenters. The molecule has 0 spiro atoms. The number of pyridine rings is 1. The molecule has 1 N–H and O–H groups in total. The second kappa shape index (κ2) is 3.65. The molecule has 0 aliphatic carbocycles. The molecular formula is C8H6F3NO2. The van der Waals surface area contributed by atoms with Crippen molar-refractivity contribution in [3.63, 3.8) is 0 Å². The average Bonchev–Trinajstić information content (AvgIpc) is 2.02. The van der Waals surface area contributed by atoms with Crippen LogP contribution in [0.4, 0.5) is 13.2 Å². The Hall–Kier alpha value is -1.59. The van der Waals surface area contributed by atoms with Crippen LogP contribution in [-0.4, -0.2) is 16.1 Å². The summed E-state index contributed by atoms with van der Waals surface area (Å²) in [5, 5.41) is 8.53. The van der Waals surface area contributed by atoms with E-state index in [1.165, 1.54) is 0 Å². The number of aromatic nitrogens is 1. The van der Waals surface area contributed by atoms with E-state index < -0.39 is 29.5 Å². The van der Waals surface area contributed by atoms with Crippen molar-refractivity contribution in [2.75, 3.05) is 0 Å². The van der Waals surface area contributed by atoms with E-state index >= 15 is 0 Å². The van der Waals surface area contributed by atoms with Gasteiger partial charge in [0.05, 0.1) is 11.8 Å². The molecule has 6 heteroatoms. The van der Waals surface area contributed by atoms with Crippen LogP contribution in [-0.2, 0) is 0 Å². The SMILES string of the molecule is Cc1c(C(=O)O)ncc(F)c1C(F)F. The first kappa shape index (κ1) is 10.5. The molecule has 0 bridgehead atoms. The number of carboxylic acids is 1. The van der Waals surface area contributed by atoms with Gasteiger partial charge in [0, 0.05) is 0 Å². The zero-order valence-corrected chi connectivity index (χ0v) is 7.09. The molecule has 0 saturated heterocycles. The molecule has 0 aliphatic rings. The third-order valence-corrected chi connectivity index (χ3v) is 1.74. The van der Waals surface area contributed by atoms with Gasteiger partial charge in [-0.05, 0) is 12.5 Å². The largest absolute Gasteiger partial charge is 0.477 e. The smallest absolute Gasteiger partial charge is 0.354 e. The molecule has 0 amide bonds. The molecule has 14 heavy (non-hydrogen) atoms. The van der Waals surface area contributed by atoms with Crippen molar-refractivity contribution < 1.29 is 23.1 Å². The highest BCUT2D eigenvalue weighted by molar-refractivity contribution is 5.87. The Kier molecular flexibility index (Phi) is 2.73. The molecule has 0 aromatic carbocycles. The summed E-state index contributed by atoms with van der Waals surface area (Å²) < 4.78 is 37.4. The highest BCUT2D eigenvalue weighted by atomic mass is 19.3. The summed E-state index contributed by atoms with van der Waals surface area (Å²) in [4.78, 5) is 13.7. The van der Waals surface area contributed by atoms with Crippen molar-refractivity contribution in [2.24, 2.45) is 0 Å². The first-order valence-electron chi connectivity index (χ1n) is 3.61. The lowest BCUT2D eigenvalue weighted by Gasteiger charge is -2.07. The average molecular weight is 205 g/mol. The van der Waals surface area contributed by atoms with Crippen molar-refractivity contribution in [1.29, 1.82) is 0 Å². The van der Waals surface area contributed by atoms with Crippen molar-refractivity contribution in [3.8, 4) is 0 Å². The lowest BCUT2D eigenvalue weighted by atomic mass is 10.1. The van der Waals surface area contributed by atoms with Gasteiger partial charge in [-0.2, -0.15) is 0 Å². The van der Waals surface area contributed by atoms with E-state index in [4.69, 9.17) is 5.11 Å². The van der Waals surface area contributed by atoms with E-state index in [1.54, 1.807) is 0 Å². The van der Waals surface area contributed by atoms with Crippen LogP contribution < -0.4 is 0 Å². The van der Waals surface area contributed by atoms with Crippen LogP contribution in [0.1, 0.15) is 28.0 Å². The van der Waals surface area contributed by atoms with Crippen LogP contribution in [0.5, 0.6) is 0 Å². The predicted molar refractivity (Wildman–Crippen MR) is 40.8 cm³/mol. The molecule has 0 aliphatic heterocycles. The number of halogens is 3. The highest BCUT2D eigenvalue weighted by Crippen LogP contribution is 2.26. The van der Waals surface area contributed by atoms with Gasteiger partial charge in [-0.25, -0.2) is 22.9 Å². The normalized spacial score (nSPS) is 10.6. The molecule has 0 radical (unpaired) electrons. The van der Waals surface area contributed by atoms with Gasteiger partial charge in [-0.15, -0.1) is 0 Å². The van der Waals surface area contributed by atoms with E-state index in [2.05, 4.69) is 4.98 Å². The number of aromatic carboxylic acids is 1. The van der Waals surface area contributed by atoms with Crippen molar-refractivity contribution in [1.82, 2.24) is 4.98 Å². The fraction of sp³-hybridized carbons (Fsp3) is 0.250. The van der Waals surface area contributed by atoms with E-state index in [-0.39, 0.29) is 5.56 Å². The Morgan fingerprint density at radius 1 is 1.57 bits per heavy atom. The second-order valence-electron chi connectivity index (χ2n) is 2.60. The van der Waals surface area contributed by atoms with Gasteiger partial charge in [-0.1, -0.05) is 0 Å². The minimum Gasteiger partial charge on any atom is -0.477 e. The molecule has 0 saturated carbocycles. The number of alkyl halides is 2. The molecule has 1 rings (SSSR count). The third-order valence-electron chi connectivity index (χ3n) is 1.74. The minimum atomic E-state index is -3.05. The number of carbonyl (C=O) groups is 1. The summed E-state index contributed by atoms with van der Waals surface area (Å²) in [5.74, 6) is -2.65. The third kappa shape index (κ3) is 1.68. The summed E-state index contributed by atoms with van der Waals surface area (Å²) in [6.45, 7) is 1.10. The topological polar surface area (TPSA) is 50.2 Å². The van der Waals surface area contributed by atoms with Gasteiger partial charge < -0.3 is 5.11 Å². The summed E-state index contributed by atoms with van der Waals surface area (Å²) in [5.41, 5.74) is -1.80. The zero-order chi connectivity index (χ0) is 10.9. The Bertz CT molecular complexity index is 379. The van der Waals surface area contributed by atoms with Gasteiger partial charge in [0.1, 0.15) is 0 Å². The van der Waals surface area contributed by atoms with E-state index in [0.717, 1.165) is 6.92 Å². The maximum atomic E-state index is 12.8. The van der Waals surface area contributed by atoms with Crippen LogP contribution in [0.25, 0.3) is 0 Å². The maximum Gasteiger partial charge on any atom is 0.354 e. The Morgan fingerprint density at radius 2 is 2.14 bits per heavy atom. The van der Waals surface area contributed by atoms with Crippen LogP contribution in [0, 0.1) is 12.7 Å². The molecular weight excluding hydrogens is 199 g/mol. The standard InChI is InChI=1S/C8H6F3NO2/c1-3-5(7(10)11)4(9)2-12-6(3)8(13)14/h2,7H,1H3,(H,13,14). The van der Waals surface area contributed by atoms with Gasteiger partial charge >= 0.3 is 5.97 Å². The number of rotatable bonds is 2. The van der Waals surface area contributed by atoms with Gasteiger partial charge in [0.2, 0.25) is 0 Å². The molecule has 76 valence electrons. The number of nitrogens with zero attached hydrogens (tertiary/aromatic N) is 1. The van der Waals surface area contributed by atoms with Crippen LogP contribution in [0.3, 0.4) is 0 Å². The summed E-state index contributed by atoms with van der Waals surface area (Å²) in [7, 11) is 0. The first-order valence-corrected chi connectivity index (χ1v) is 3.61. The molecule has 1 aromatic rings. The molecule has 3 nitrogen and oxygen atoms in total. The quantitative estimate of drug-likeness (QED) is 0.804. The number of carboxylic acid groups (broad SMARTS) is 1. The lowest BCUT2D eigenvalue weighted by molar-refractivity contribution is 0.0688. The van der Waals surface area contributed by atoms with E-state index in [0.29, 0.717) is 6.20 Å². The monoisotopic (exact) mass is 205 g/mol. The fourth-order valence-electron chi connectivity index (χ4n) is 1.08. The molecule has 1 heterocycles. The van der Waals surface area contributed by atoms with Crippen LogP contribution in [0.15, 0.2) is 6.20 Å². The second-order valence-corrected chi connectivity index (χ2v) is 2.60. The zero-order valence-electron chi connectivity index (χ0n) is 7.09. The Morgan fingerprint density at radius 3 is 2.57 bits per heavy atom. The minimum absolute atomic E-state index is 0.340. The maximum absolute atomic E-state index is 12.8. The summed E-state index contributed by atoms with van der Waals surface area (Å²) in [6, 6.07) is 0. The fourth-order valence-corrected chi connectivity index (χ4v) is 1.08. The Labute approximate surface area is 77.2 Å². The van der Waals surface area contributed by atoms with E-state index in [9.17, 15) is 18.0 Å². The predicted octanol–water partition coefficient (Wildman–Crippen LogP) is 2.16. The molecule has 0 unspecified atom stereocenters. The number of hydrogen-bond acceptors (Lipinski definition) is 2. The van der Waals surface area contributed by atoms with Crippen molar-refractivity contribution in [3.05, 3.63) is 28.8 Å². The first-order chi connectivity index (χ1) is 6.45. The Balaban J connectivity index is 3.41. The number of hydrogen-bond donors (Lipinski definition) is 1. The lowest BCUT2D eigenvalue weighted by Crippen LogP contribution is -2.08. The molecule has 1 aromatic heterocycles. The van der Waals surface area contributed by atoms with Gasteiger partial charge in [-0.3, -0.25) is 0 Å². The van der Waals surface area contributed by atoms with E-state index in [1.807, 2.05) is 0 Å². The summed E-state index contributed by atoms with van der Waals surface area (Å²) >= 11 is 0. The van der Waals surface area contributed by atoms with Crippen molar-refractivity contribution in [2.45, 2.75) is 13.3 Å².